The first kappa shape index (κ1) is 21.2. The Balaban J connectivity index is 1.67. The number of aryl methyl sites for hydroxylation is 3. The highest BCUT2D eigenvalue weighted by molar-refractivity contribution is 6.11. The molecule has 2 aromatic heterocycles. The fourth-order valence-electron chi connectivity index (χ4n) is 6.12. The van der Waals surface area contributed by atoms with E-state index in [4.69, 9.17) is 4.42 Å². The van der Waals surface area contributed by atoms with Crippen LogP contribution < -0.4 is 4.57 Å². The molecule has 3 aromatic carbocycles. The van der Waals surface area contributed by atoms with E-state index in [2.05, 4.69) is 114 Å². The third kappa shape index (κ3) is 2.78. The smallest absolute Gasteiger partial charge is 0.216 e. The van der Waals surface area contributed by atoms with Crippen molar-refractivity contribution in [3.05, 3.63) is 88.6 Å². The fraction of sp³-hybridized carbons (Fsp3) is 0.281. The Morgan fingerprint density at radius 1 is 0.824 bits per heavy atom. The molecule has 0 unspecified atom stereocenters. The van der Waals surface area contributed by atoms with Gasteiger partial charge < -0.3 is 4.42 Å². The lowest BCUT2D eigenvalue weighted by molar-refractivity contribution is -0.660. The highest BCUT2D eigenvalue weighted by Gasteiger charge is 2.36. The number of rotatable bonds is 2. The van der Waals surface area contributed by atoms with Crippen molar-refractivity contribution in [2.24, 2.45) is 7.05 Å². The van der Waals surface area contributed by atoms with E-state index in [1.807, 2.05) is 0 Å². The lowest BCUT2D eigenvalue weighted by Crippen LogP contribution is -2.32. The van der Waals surface area contributed by atoms with Gasteiger partial charge in [0.15, 0.2) is 6.20 Å². The normalized spacial score (nSPS) is 14.2. The van der Waals surface area contributed by atoms with E-state index in [9.17, 15) is 0 Å². The molecule has 0 atom stereocenters. The summed E-state index contributed by atoms with van der Waals surface area (Å²) in [5.74, 6) is 0.473. The van der Waals surface area contributed by atoms with Crippen LogP contribution in [0.15, 0.2) is 65.2 Å². The standard InChI is InChI=1S/C32H32NO/c1-18(2)23-15-28(33(7)17-20(23)4)30-19(3)12-13-22-25-14-24-21-10-8-9-11-26(21)32(5,6)27(24)16-29(25)34-31(22)30/h8-18H,1-7H3/q+1. The van der Waals surface area contributed by atoms with Crippen LogP contribution >= 0.6 is 0 Å². The Labute approximate surface area is 201 Å². The molecule has 1 aliphatic rings. The molecule has 170 valence electrons. The molecule has 5 aromatic rings. The number of benzene rings is 3. The Morgan fingerprint density at radius 2 is 1.59 bits per heavy atom. The van der Waals surface area contributed by atoms with Crippen molar-refractivity contribution in [2.45, 2.75) is 52.9 Å². The van der Waals surface area contributed by atoms with E-state index in [0.717, 1.165) is 11.2 Å². The van der Waals surface area contributed by atoms with Crippen LogP contribution in [0.25, 0.3) is 44.3 Å². The highest BCUT2D eigenvalue weighted by Crippen LogP contribution is 2.51. The minimum atomic E-state index is -0.0343. The van der Waals surface area contributed by atoms with Gasteiger partial charge in [-0.05, 0) is 65.3 Å². The van der Waals surface area contributed by atoms with Crippen molar-refractivity contribution in [1.29, 1.82) is 0 Å². The lowest BCUT2D eigenvalue weighted by Gasteiger charge is -2.21. The van der Waals surface area contributed by atoms with Crippen molar-refractivity contribution in [1.82, 2.24) is 0 Å². The average Bonchev–Trinajstić information content (AvgIpc) is 3.26. The average molecular weight is 447 g/mol. The van der Waals surface area contributed by atoms with Crippen LogP contribution in [0.5, 0.6) is 0 Å². The summed E-state index contributed by atoms with van der Waals surface area (Å²) in [7, 11) is 2.14. The first-order chi connectivity index (χ1) is 16.2. The highest BCUT2D eigenvalue weighted by atomic mass is 16.3. The molecule has 2 heterocycles. The molecule has 0 radical (unpaired) electrons. The van der Waals surface area contributed by atoms with Crippen LogP contribution in [-0.4, -0.2) is 0 Å². The zero-order chi connectivity index (χ0) is 23.9. The molecule has 0 N–H and O–H groups in total. The largest absolute Gasteiger partial charge is 0.455 e. The first-order valence-electron chi connectivity index (χ1n) is 12.3. The predicted octanol–water partition coefficient (Wildman–Crippen LogP) is 8.12. The molecule has 0 saturated heterocycles. The van der Waals surface area contributed by atoms with Gasteiger partial charge in [0.1, 0.15) is 18.2 Å². The van der Waals surface area contributed by atoms with Crippen LogP contribution in [0.3, 0.4) is 0 Å². The van der Waals surface area contributed by atoms with Gasteiger partial charge in [-0.25, -0.2) is 4.57 Å². The molecule has 0 aliphatic heterocycles. The van der Waals surface area contributed by atoms with Crippen LogP contribution in [0.2, 0.25) is 0 Å². The summed E-state index contributed by atoms with van der Waals surface area (Å²) in [5.41, 5.74) is 13.7. The monoisotopic (exact) mass is 446 g/mol. The number of hydrogen-bond acceptors (Lipinski definition) is 1. The van der Waals surface area contributed by atoms with Crippen LogP contribution in [0.1, 0.15) is 61.4 Å². The number of hydrogen-bond donors (Lipinski definition) is 0. The third-order valence-electron chi connectivity index (χ3n) is 7.94. The molecule has 2 nitrogen and oxygen atoms in total. The molecular weight excluding hydrogens is 414 g/mol. The van der Waals surface area contributed by atoms with Crippen LogP contribution in [-0.2, 0) is 12.5 Å². The minimum Gasteiger partial charge on any atom is -0.455 e. The Morgan fingerprint density at radius 3 is 2.35 bits per heavy atom. The topological polar surface area (TPSA) is 17.0 Å². The third-order valence-corrected chi connectivity index (χ3v) is 7.94. The maximum absolute atomic E-state index is 6.71. The summed E-state index contributed by atoms with van der Waals surface area (Å²) in [6, 6.07) is 20.3. The SMILES string of the molecule is Cc1c[n+](C)c(-c2c(C)ccc3c2oc2cc4c(cc23)-c2ccccc2C4(C)C)cc1C(C)C. The zero-order valence-electron chi connectivity index (χ0n) is 21.2. The van der Waals surface area contributed by atoms with E-state index < -0.39 is 0 Å². The summed E-state index contributed by atoms with van der Waals surface area (Å²) < 4.78 is 8.95. The number of nitrogens with zero attached hydrogens (tertiary/aromatic N) is 1. The Bertz CT molecular complexity index is 1630. The van der Waals surface area contributed by atoms with Gasteiger partial charge in [-0.2, -0.15) is 0 Å². The molecule has 0 saturated carbocycles. The van der Waals surface area contributed by atoms with E-state index in [1.54, 1.807) is 0 Å². The molecule has 0 amide bonds. The van der Waals surface area contributed by atoms with Crippen molar-refractivity contribution in [2.75, 3.05) is 0 Å². The quantitative estimate of drug-likeness (QED) is 0.250. The number of pyridine rings is 1. The second-order valence-electron chi connectivity index (χ2n) is 10.9. The van der Waals surface area contributed by atoms with Gasteiger partial charge in [0, 0.05) is 27.8 Å². The van der Waals surface area contributed by atoms with Gasteiger partial charge in [-0.3, -0.25) is 0 Å². The van der Waals surface area contributed by atoms with Gasteiger partial charge in [-0.15, -0.1) is 0 Å². The van der Waals surface area contributed by atoms with Gasteiger partial charge >= 0.3 is 0 Å². The van der Waals surface area contributed by atoms with Crippen molar-refractivity contribution < 1.29 is 8.98 Å². The van der Waals surface area contributed by atoms with Crippen LogP contribution in [0.4, 0.5) is 0 Å². The zero-order valence-corrected chi connectivity index (χ0v) is 21.2. The van der Waals surface area contributed by atoms with Gasteiger partial charge in [-0.1, -0.05) is 64.1 Å². The summed E-state index contributed by atoms with van der Waals surface area (Å²) in [5, 5.41) is 2.38. The predicted molar refractivity (Wildman–Crippen MR) is 141 cm³/mol. The number of aromatic nitrogens is 1. The minimum absolute atomic E-state index is 0.0343. The Hall–Kier alpha value is -3.39. The summed E-state index contributed by atoms with van der Waals surface area (Å²) in [4.78, 5) is 0. The second-order valence-corrected chi connectivity index (χ2v) is 10.9. The van der Waals surface area contributed by atoms with E-state index in [-0.39, 0.29) is 5.41 Å². The van der Waals surface area contributed by atoms with Crippen molar-refractivity contribution in [3.8, 4) is 22.4 Å². The fourth-order valence-corrected chi connectivity index (χ4v) is 6.12. The maximum atomic E-state index is 6.71. The molecule has 0 fully saturated rings. The molecule has 34 heavy (non-hydrogen) atoms. The lowest BCUT2D eigenvalue weighted by atomic mass is 9.82. The maximum Gasteiger partial charge on any atom is 0.216 e. The molecule has 2 heteroatoms. The Kier molecular flexibility index (Phi) is 4.39. The summed E-state index contributed by atoms with van der Waals surface area (Å²) >= 11 is 0. The number of fused-ring (bicyclic) bond motifs is 6. The molecular formula is C32H32NO+. The van der Waals surface area contributed by atoms with E-state index >= 15 is 0 Å². The summed E-state index contributed by atoms with van der Waals surface area (Å²) in [6.45, 7) is 13.6. The molecule has 0 bridgehead atoms. The molecule has 6 rings (SSSR count). The number of furan rings is 1. The molecule has 0 spiro atoms. The van der Waals surface area contributed by atoms with Gasteiger partial charge in [0.2, 0.25) is 5.69 Å². The van der Waals surface area contributed by atoms with E-state index in [0.29, 0.717) is 5.92 Å². The van der Waals surface area contributed by atoms with Gasteiger partial charge in [0.25, 0.3) is 0 Å². The van der Waals surface area contributed by atoms with Gasteiger partial charge in [0.05, 0.1) is 5.56 Å². The molecule has 1 aliphatic carbocycles. The first-order valence-corrected chi connectivity index (χ1v) is 12.3. The second kappa shape index (κ2) is 7.06. The summed E-state index contributed by atoms with van der Waals surface area (Å²) in [6.07, 6.45) is 2.25. The van der Waals surface area contributed by atoms with Crippen molar-refractivity contribution in [3.63, 3.8) is 0 Å². The van der Waals surface area contributed by atoms with Crippen LogP contribution in [0, 0.1) is 13.8 Å². The van der Waals surface area contributed by atoms with Crippen molar-refractivity contribution >= 4 is 21.9 Å². The van der Waals surface area contributed by atoms with E-state index in [1.165, 1.54) is 61.0 Å².